The van der Waals surface area contributed by atoms with Crippen LogP contribution in [0.25, 0.3) is 0 Å². The average molecular weight is 463 g/mol. The zero-order valence-corrected chi connectivity index (χ0v) is 19.9. The third kappa shape index (κ3) is 4.81. The van der Waals surface area contributed by atoms with Crippen molar-refractivity contribution in [2.24, 2.45) is 0 Å². The van der Waals surface area contributed by atoms with E-state index >= 15 is 0 Å². The molecule has 1 unspecified atom stereocenters. The van der Waals surface area contributed by atoms with Crippen LogP contribution in [-0.2, 0) is 24.2 Å². The molecule has 2 amide bonds. The summed E-state index contributed by atoms with van der Waals surface area (Å²) in [6.07, 6.45) is 1.73. The highest BCUT2D eigenvalue weighted by Crippen LogP contribution is 2.26. The molecule has 1 N–H and O–H groups in total. The largest absolute Gasteiger partial charge is 0.390 e. The summed E-state index contributed by atoms with van der Waals surface area (Å²) in [4.78, 5) is 33.3. The van der Waals surface area contributed by atoms with Gasteiger partial charge in [-0.1, -0.05) is 24.3 Å². The SMILES string of the molecule is CN1CCN(c2ccc3c(c2)CCN(CC(O)CN2CCc4ccccc4C2)C3=O)CCC1=O. The van der Waals surface area contributed by atoms with Gasteiger partial charge < -0.3 is 19.8 Å². The number of amides is 2. The number of carbonyl (C=O) groups is 2. The van der Waals surface area contributed by atoms with Crippen LogP contribution in [0.3, 0.4) is 0 Å². The van der Waals surface area contributed by atoms with Gasteiger partial charge in [0.2, 0.25) is 5.91 Å². The molecule has 1 saturated heterocycles. The van der Waals surface area contributed by atoms with Crippen LogP contribution in [0.1, 0.15) is 33.5 Å². The Balaban J connectivity index is 1.19. The Hall–Kier alpha value is -2.90. The second-order valence-corrected chi connectivity index (χ2v) is 9.80. The summed E-state index contributed by atoms with van der Waals surface area (Å²) in [5, 5.41) is 10.8. The molecule has 0 radical (unpaired) electrons. The van der Waals surface area contributed by atoms with Crippen molar-refractivity contribution in [3.05, 3.63) is 64.7 Å². The van der Waals surface area contributed by atoms with Gasteiger partial charge in [-0.05, 0) is 47.7 Å². The first kappa shape index (κ1) is 22.9. The molecule has 0 saturated carbocycles. The number of aliphatic hydroxyl groups excluding tert-OH is 1. The number of fused-ring (bicyclic) bond motifs is 2. The zero-order chi connectivity index (χ0) is 23.7. The Morgan fingerprint density at radius 1 is 0.853 bits per heavy atom. The normalized spacial score (nSPS) is 20.1. The molecular weight excluding hydrogens is 428 g/mol. The van der Waals surface area contributed by atoms with Gasteiger partial charge in [-0.2, -0.15) is 0 Å². The van der Waals surface area contributed by atoms with Crippen molar-refractivity contribution in [3.63, 3.8) is 0 Å². The molecule has 2 aromatic rings. The fraction of sp³-hybridized carbons (Fsp3) is 0.481. The van der Waals surface area contributed by atoms with E-state index in [0.717, 1.165) is 49.3 Å². The fourth-order valence-corrected chi connectivity index (χ4v) is 5.40. The van der Waals surface area contributed by atoms with Crippen LogP contribution in [0.4, 0.5) is 5.69 Å². The van der Waals surface area contributed by atoms with E-state index in [1.54, 1.807) is 9.80 Å². The Morgan fingerprint density at radius 2 is 1.65 bits per heavy atom. The molecule has 1 atom stereocenters. The first-order valence-corrected chi connectivity index (χ1v) is 12.4. The van der Waals surface area contributed by atoms with Gasteiger partial charge in [-0.15, -0.1) is 0 Å². The van der Waals surface area contributed by atoms with E-state index in [0.29, 0.717) is 39.1 Å². The number of benzene rings is 2. The van der Waals surface area contributed by atoms with E-state index in [2.05, 4.69) is 40.1 Å². The average Bonchev–Trinajstić information content (AvgIpc) is 3.01. The lowest BCUT2D eigenvalue weighted by molar-refractivity contribution is -0.129. The van der Waals surface area contributed by atoms with Gasteiger partial charge in [-0.3, -0.25) is 14.5 Å². The van der Waals surface area contributed by atoms with Crippen LogP contribution in [0.2, 0.25) is 0 Å². The predicted molar refractivity (Wildman–Crippen MR) is 132 cm³/mol. The number of carbonyl (C=O) groups excluding carboxylic acids is 2. The minimum Gasteiger partial charge on any atom is -0.390 e. The van der Waals surface area contributed by atoms with Crippen molar-refractivity contribution in [1.82, 2.24) is 14.7 Å². The number of aliphatic hydroxyl groups is 1. The molecule has 0 spiro atoms. The predicted octanol–water partition coefficient (Wildman–Crippen LogP) is 1.77. The van der Waals surface area contributed by atoms with E-state index in [1.807, 2.05) is 19.2 Å². The molecule has 7 nitrogen and oxygen atoms in total. The molecule has 2 aromatic carbocycles. The lowest BCUT2D eigenvalue weighted by atomic mass is 9.97. The number of anilines is 1. The summed E-state index contributed by atoms with van der Waals surface area (Å²) >= 11 is 0. The molecular formula is C27H34N4O3. The van der Waals surface area contributed by atoms with Crippen LogP contribution in [0, 0.1) is 0 Å². The molecule has 3 heterocycles. The molecule has 0 aliphatic carbocycles. The van der Waals surface area contributed by atoms with Gasteiger partial charge in [0, 0.05) is 77.1 Å². The second-order valence-electron chi connectivity index (χ2n) is 9.80. The fourth-order valence-electron chi connectivity index (χ4n) is 5.40. The third-order valence-electron chi connectivity index (χ3n) is 7.46. The van der Waals surface area contributed by atoms with E-state index in [4.69, 9.17) is 0 Å². The highest BCUT2D eigenvalue weighted by molar-refractivity contribution is 5.97. The maximum absolute atomic E-state index is 13.2. The summed E-state index contributed by atoms with van der Waals surface area (Å²) < 4.78 is 0. The van der Waals surface area contributed by atoms with Gasteiger partial charge in [0.05, 0.1) is 6.10 Å². The smallest absolute Gasteiger partial charge is 0.254 e. The number of rotatable bonds is 5. The number of β-amino-alcohol motifs (C(OH)–C–C–N with tert-alkyl or cyclic N) is 1. The summed E-state index contributed by atoms with van der Waals surface area (Å²) in [5.41, 5.74) is 5.60. The number of likely N-dealkylation sites (N-methyl/N-ethyl adjacent to an activating group) is 1. The molecule has 180 valence electrons. The molecule has 5 rings (SSSR count). The first-order valence-electron chi connectivity index (χ1n) is 12.4. The minimum absolute atomic E-state index is 0.00150. The molecule has 3 aliphatic heterocycles. The molecule has 34 heavy (non-hydrogen) atoms. The first-order chi connectivity index (χ1) is 16.5. The quantitative estimate of drug-likeness (QED) is 0.734. The van der Waals surface area contributed by atoms with Crippen molar-refractivity contribution in [2.75, 3.05) is 57.8 Å². The van der Waals surface area contributed by atoms with Crippen LogP contribution < -0.4 is 4.90 Å². The van der Waals surface area contributed by atoms with Gasteiger partial charge in [0.15, 0.2) is 0 Å². The van der Waals surface area contributed by atoms with E-state index in [1.165, 1.54) is 11.1 Å². The lowest BCUT2D eigenvalue weighted by Crippen LogP contribution is -2.46. The van der Waals surface area contributed by atoms with Crippen molar-refractivity contribution in [3.8, 4) is 0 Å². The van der Waals surface area contributed by atoms with Crippen LogP contribution in [-0.4, -0.2) is 90.6 Å². The van der Waals surface area contributed by atoms with E-state index < -0.39 is 6.10 Å². The van der Waals surface area contributed by atoms with Gasteiger partial charge in [0.25, 0.3) is 5.91 Å². The van der Waals surface area contributed by atoms with E-state index in [9.17, 15) is 14.7 Å². The van der Waals surface area contributed by atoms with Crippen molar-refractivity contribution in [1.29, 1.82) is 0 Å². The van der Waals surface area contributed by atoms with Crippen LogP contribution in [0.5, 0.6) is 0 Å². The van der Waals surface area contributed by atoms with E-state index in [-0.39, 0.29) is 11.8 Å². The second kappa shape index (κ2) is 9.76. The minimum atomic E-state index is -0.568. The van der Waals surface area contributed by atoms with Gasteiger partial charge in [-0.25, -0.2) is 0 Å². The highest BCUT2D eigenvalue weighted by atomic mass is 16.3. The highest BCUT2D eigenvalue weighted by Gasteiger charge is 2.28. The maximum Gasteiger partial charge on any atom is 0.254 e. The third-order valence-corrected chi connectivity index (χ3v) is 7.46. The van der Waals surface area contributed by atoms with Crippen molar-refractivity contribution >= 4 is 17.5 Å². The Bertz CT molecular complexity index is 1070. The summed E-state index contributed by atoms with van der Waals surface area (Å²) in [7, 11) is 1.85. The standard InChI is InChI=1S/C27H34N4O3/c1-28-14-15-30(13-10-26(28)33)23-6-7-25-21(16-23)9-12-31(27(25)34)19-24(32)18-29-11-8-20-4-2-3-5-22(20)17-29/h2-7,16,24,32H,8-15,17-19H2,1H3. The van der Waals surface area contributed by atoms with Crippen LogP contribution >= 0.6 is 0 Å². The monoisotopic (exact) mass is 462 g/mol. The Kier molecular flexibility index (Phi) is 6.57. The molecule has 3 aliphatic rings. The molecule has 0 aromatic heterocycles. The summed E-state index contributed by atoms with van der Waals surface area (Å²) in [5.74, 6) is 0.181. The van der Waals surface area contributed by atoms with Crippen molar-refractivity contribution in [2.45, 2.75) is 31.9 Å². The Labute approximate surface area is 201 Å². The van der Waals surface area contributed by atoms with Crippen molar-refractivity contribution < 1.29 is 14.7 Å². The lowest BCUT2D eigenvalue weighted by Gasteiger charge is -2.34. The topological polar surface area (TPSA) is 67.3 Å². The maximum atomic E-state index is 13.2. The Morgan fingerprint density at radius 3 is 2.50 bits per heavy atom. The number of hydrogen-bond acceptors (Lipinski definition) is 5. The molecule has 7 heteroatoms. The molecule has 1 fully saturated rings. The van der Waals surface area contributed by atoms with Crippen LogP contribution in [0.15, 0.2) is 42.5 Å². The summed E-state index contributed by atoms with van der Waals surface area (Å²) in [6.45, 7) is 5.56. The van der Waals surface area contributed by atoms with Gasteiger partial charge >= 0.3 is 0 Å². The summed E-state index contributed by atoms with van der Waals surface area (Å²) in [6, 6.07) is 14.5. The number of nitrogens with zero attached hydrogens (tertiary/aromatic N) is 4. The zero-order valence-electron chi connectivity index (χ0n) is 19.9. The molecule has 0 bridgehead atoms. The number of hydrogen-bond donors (Lipinski definition) is 1. The van der Waals surface area contributed by atoms with Gasteiger partial charge in [0.1, 0.15) is 0 Å².